The number of hydrogen-bond acceptors (Lipinski definition) is 5. The van der Waals surface area contributed by atoms with Crippen LogP contribution in [-0.2, 0) is 21.6 Å². The smallest absolute Gasteiger partial charge is 0.406 e. The molecule has 2 N–H and O–H groups in total. The lowest BCUT2D eigenvalue weighted by atomic mass is 9.77. The second kappa shape index (κ2) is 11.2. The molecule has 1 fully saturated rings. The van der Waals surface area contributed by atoms with Gasteiger partial charge in [0.25, 0.3) is 0 Å². The number of nitrogens with one attached hydrogen (secondary N) is 2. The van der Waals surface area contributed by atoms with E-state index in [0.29, 0.717) is 18.4 Å². The van der Waals surface area contributed by atoms with Crippen molar-refractivity contribution in [3.8, 4) is 11.5 Å². The molecule has 0 heterocycles. The highest BCUT2D eigenvalue weighted by molar-refractivity contribution is 5.82. The zero-order valence-corrected chi connectivity index (χ0v) is 21.4. The normalized spacial score (nSPS) is 14.5. The monoisotopic (exact) mass is 582 g/mol. The molecule has 0 saturated heterocycles. The minimum absolute atomic E-state index is 0.0166. The summed E-state index contributed by atoms with van der Waals surface area (Å²) in [6.45, 7) is 1.65. The average Bonchev–Trinajstić information content (AvgIpc) is 3.64. The van der Waals surface area contributed by atoms with Crippen molar-refractivity contribution in [1.82, 2.24) is 10.8 Å². The van der Waals surface area contributed by atoms with Crippen LogP contribution in [0.4, 0.5) is 31.1 Å². The van der Waals surface area contributed by atoms with Crippen LogP contribution in [0.2, 0.25) is 0 Å². The first-order valence-electron chi connectivity index (χ1n) is 12.2. The van der Waals surface area contributed by atoms with Crippen LogP contribution in [0.3, 0.4) is 0 Å². The Morgan fingerprint density at radius 2 is 1.29 bits per heavy atom. The highest BCUT2D eigenvalue weighted by Crippen LogP contribution is 2.45. The van der Waals surface area contributed by atoms with Crippen molar-refractivity contribution in [3.05, 3.63) is 95.6 Å². The number of ether oxygens (including phenoxy) is 2. The molecule has 1 saturated carbocycles. The zero-order valence-electron chi connectivity index (χ0n) is 21.4. The Bertz CT molecular complexity index is 1330. The molecule has 7 nitrogen and oxygen atoms in total. The Labute approximate surface area is 230 Å². The van der Waals surface area contributed by atoms with E-state index in [2.05, 4.69) is 14.8 Å². The summed E-state index contributed by atoms with van der Waals surface area (Å²) in [5, 5.41) is 2.62. The highest BCUT2D eigenvalue weighted by atomic mass is 19.4. The second-order valence-corrected chi connectivity index (χ2v) is 9.73. The van der Waals surface area contributed by atoms with Crippen molar-refractivity contribution >= 4 is 12.0 Å². The molecule has 0 aromatic heterocycles. The van der Waals surface area contributed by atoms with Gasteiger partial charge in [-0.3, -0.25) is 0 Å². The van der Waals surface area contributed by atoms with E-state index in [1.807, 2.05) is 5.48 Å². The summed E-state index contributed by atoms with van der Waals surface area (Å²) >= 11 is 0. The summed E-state index contributed by atoms with van der Waals surface area (Å²) in [7, 11) is 0. The van der Waals surface area contributed by atoms with Gasteiger partial charge in [0.2, 0.25) is 0 Å². The molecule has 2 amide bonds. The molecule has 1 aliphatic rings. The maximum absolute atomic E-state index is 13.2. The van der Waals surface area contributed by atoms with Gasteiger partial charge in [-0.2, -0.15) is 5.48 Å². The third kappa shape index (κ3) is 7.83. The lowest BCUT2D eigenvalue weighted by Gasteiger charge is -2.36. The standard InChI is InChI=1S/C28H24F6N2O5/c1-25(13-14-25)23(37)41-36-24(38)35-26(17-18-7-3-2-4-8-18,19-9-5-11-21(15-19)39-27(29,30)31)20-10-6-12-22(16-20)40-28(32,33)34/h2-12,15-16H,13-14,17H2,1H3,(H2,35,36,38). The number of hydrogen-bond donors (Lipinski definition) is 2. The van der Waals surface area contributed by atoms with Gasteiger partial charge in [-0.15, -0.1) is 26.3 Å². The number of benzene rings is 3. The van der Waals surface area contributed by atoms with Gasteiger partial charge in [-0.25, -0.2) is 9.59 Å². The summed E-state index contributed by atoms with van der Waals surface area (Å²) in [6, 6.07) is 16.6. The number of amides is 2. The largest absolute Gasteiger partial charge is 0.573 e. The SMILES string of the molecule is CC1(C(=O)ONC(=O)NC(Cc2ccccc2)(c2cccc(OC(F)(F)F)c2)c2cccc(OC(F)(F)F)c2)CC1. The summed E-state index contributed by atoms with van der Waals surface area (Å²) in [4.78, 5) is 30.4. The number of hydroxylamine groups is 1. The molecular formula is C28H24F6N2O5. The van der Waals surface area contributed by atoms with Crippen LogP contribution in [0.15, 0.2) is 78.9 Å². The zero-order chi connectivity index (χ0) is 29.9. The Balaban J connectivity index is 1.82. The molecule has 3 aromatic carbocycles. The number of alkyl halides is 6. The lowest BCUT2D eigenvalue weighted by molar-refractivity contribution is -0.275. The summed E-state index contributed by atoms with van der Waals surface area (Å²) in [6.07, 6.45) is -9.12. The predicted octanol–water partition coefficient (Wildman–Crippen LogP) is 6.53. The van der Waals surface area contributed by atoms with Crippen molar-refractivity contribution in [3.63, 3.8) is 0 Å². The maximum atomic E-state index is 13.2. The van der Waals surface area contributed by atoms with Crippen LogP contribution in [0.25, 0.3) is 0 Å². The summed E-state index contributed by atoms with van der Waals surface area (Å²) < 4.78 is 86.5. The first kappa shape index (κ1) is 29.6. The van der Waals surface area contributed by atoms with Crippen LogP contribution in [0, 0.1) is 5.41 Å². The molecule has 0 radical (unpaired) electrons. The summed E-state index contributed by atoms with van der Waals surface area (Å²) in [5.74, 6) is -1.96. The Hall–Kier alpha value is -4.42. The summed E-state index contributed by atoms with van der Waals surface area (Å²) in [5.41, 5.74) is 0.0102. The Morgan fingerprint density at radius 1 is 0.780 bits per heavy atom. The highest BCUT2D eigenvalue weighted by Gasteiger charge is 2.47. The van der Waals surface area contributed by atoms with Gasteiger partial charge in [0, 0.05) is 6.42 Å². The van der Waals surface area contributed by atoms with E-state index >= 15 is 0 Å². The van der Waals surface area contributed by atoms with E-state index in [1.54, 1.807) is 37.3 Å². The van der Waals surface area contributed by atoms with Crippen LogP contribution in [0.5, 0.6) is 11.5 Å². The van der Waals surface area contributed by atoms with E-state index < -0.39 is 47.2 Å². The van der Waals surface area contributed by atoms with Crippen LogP contribution >= 0.6 is 0 Å². The second-order valence-electron chi connectivity index (χ2n) is 9.73. The fraction of sp³-hybridized carbons (Fsp3) is 0.286. The average molecular weight is 582 g/mol. The number of urea groups is 1. The molecule has 41 heavy (non-hydrogen) atoms. The fourth-order valence-corrected chi connectivity index (χ4v) is 4.21. The van der Waals surface area contributed by atoms with Crippen molar-refractivity contribution in [1.29, 1.82) is 0 Å². The minimum Gasteiger partial charge on any atom is -0.406 e. The molecule has 13 heteroatoms. The molecule has 3 aromatic rings. The van der Waals surface area contributed by atoms with Crippen LogP contribution in [0.1, 0.15) is 36.5 Å². The minimum atomic E-state index is -5.04. The number of carbonyl (C=O) groups is 2. The Morgan fingerprint density at radius 3 is 1.76 bits per heavy atom. The lowest BCUT2D eigenvalue weighted by Crippen LogP contribution is -2.52. The van der Waals surface area contributed by atoms with E-state index in [0.717, 1.165) is 24.3 Å². The molecule has 0 bridgehead atoms. The quantitative estimate of drug-likeness (QED) is 0.233. The maximum Gasteiger partial charge on any atom is 0.573 e. The fourth-order valence-electron chi connectivity index (χ4n) is 4.21. The van der Waals surface area contributed by atoms with Crippen molar-refractivity contribution in [2.75, 3.05) is 0 Å². The van der Waals surface area contributed by atoms with Gasteiger partial charge in [-0.1, -0.05) is 54.6 Å². The first-order chi connectivity index (χ1) is 19.2. The van der Waals surface area contributed by atoms with Gasteiger partial charge in [0.05, 0.1) is 11.0 Å². The number of halogens is 6. The van der Waals surface area contributed by atoms with E-state index in [4.69, 9.17) is 4.84 Å². The first-order valence-corrected chi connectivity index (χ1v) is 12.2. The topological polar surface area (TPSA) is 85.9 Å². The van der Waals surface area contributed by atoms with Crippen molar-refractivity contribution in [2.24, 2.45) is 5.41 Å². The van der Waals surface area contributed by atoms with Crippen LogP contribution in [-0.4, -0.2) is 24.7 Å². The van der Waals surface area contributed by atoms with Gasteiger partial charge < -0.3 is 19.6 Å². The molecule has 1 aliphatic carbocycles. The van der Waals surface area contributed by atoms with Crippen molar-refractivity contribution in [2.45, 2.75) is 44.4 Å². The van der Waals surface area contributed by atoms with E-state index in [-0.39, 0.29) is 17.5 Å². The van der Waals surface area contributed by atoms with Gasteiger partial charge in [-0.05, 0) is 60.7 Å². The van der Waals surface area contributed by atoms with E-state index in [9.17, 15) is 35.9 Å². The molecule has 0 atom stereocenters. The Kier molecular flexibility index (Phi) is 8.09. The number of carbonyl (C=O) groups excluding carboxylic acids is 2. The molecule has 218 valence electrons. The van der Waals surface area contributed by atoms with E-state index in [1.165, 1.54) is 24.3 Å². The third-order valence-electron chi connectivity index (χ3n) is 6.49. The molecule has 4 rings (SSSR count). The molecular weight excluding hydrogens is 558 g/mol. The molecule has 0 unspecified atom stereocenters. The van der Waals surface area contributed by atoms with Crippen molar-refractivity contribution < 1.29 is 50.2 Å². The third-order valence-corrected chi connectivity index (χ3v) is 6.49. The number of rotatable bonds is 8. The molecule has 0 spiro atoms. The van der Waals surface area contributed by atoms with Gasteiger partial charge in [0.15, 0.2) is 0 Å². The molecule has 0 aliphatic heterocycles. The predicted molar refractivity (Wildman–Crippen MR) is 132 cm³/mol. The van der Waals surface area contributed by atoms with Gasteiger partial charge in [0.1, 0.15) is 11.5 Å². The van der Waals surface area contributed by atoms with Gasteiger partial charge >= 0.3 is 24.7 Å². The van der Waals surface area contributed by atoms with Crippen LogP contribution < -0.4 is 20.3 Å².